The largest absolute Gasteiger partial charge is 0.489 e. The Morgan fingerprint density at radius 3 is 2.46 bits per heavy atom. The van der Waals surface area contributed by atoms with Gasteiger partial charge in [-0.05, 0) is 56.5 Å². The van der Waals surface area contributed by atoms with Crippen molar-refractivity contribution in [1.29, 1.82) is 0 Å². The van der Waals surface area contributed by atoms with Crippen molar-refractivity contribution in [3.8, 4) is 5.75 Å². The van der Waals surface area contributed by atoms with E-state index in [0.717, 1.165) is 12.4 Å². The molecule has 1 aliphatic carbocycles. The van der Waals surface area contributed by atoms with Gasteiger partial charge in [-0.1, -0.05) is 36.4 Å². The van der Waals surface area contributed by atoms with E-state index in [4.69, 9.17) is 4.74 Å². The van der Waals surface area contributed by atoms with Gasteiger partial charge >= 0.3 is 0 Å². The molecule has 0 aromatic heterocycles. The molecule has 0 spiro atoms. The van der Waals surface area contributed by atoms with Gasteiger partial charge in [-0.15, -0.1) is 0 Å². The second kappa shape index (κ2) is 7.51. The fourth-order valence-electron chi connectivity index (χ4n) is 4.47. The number of nitrogens with zero attached hydrogens (tertiary/aromatic N) is 3. The summed E-state index contributed by atoms with van der Waals surface area (Å²) in [4.78, 5) is 7.53. The van der Waals surface area contributed by atoms with Gasteiger partial charge in [0, 0.05) is 30.7 Å². The number of benzene rings is 2. The van der Waals surface area contributed by atoms with Crippen LogP contribution in [-0.4, -0.2) is 41.6 Å². The first-order chi connectivity index (χ1) is 13.8. The second-order valence-corrected chi connectivity index (χ2v) is 8.36. The summed E-state index contributed by atoms with van der Waals surface area (Å²) in [5.41, 5.74) is 2.74. The van der Waals surface area contributed by atoms with Gasteiger partial charge < -0.3 is 19.4 Å². The monoisotopic (exact) mass is 375 g/mol. The summed E-state index contributed by atoms with van der Waals surface area (Å²) in [5, 5.41) is 0. The van der Waals surface area contributed by atoms with E-state index >= 15 is 0 Å². The third kappa shape index (κ3) is 3.49. The number of hydrogen-bond acceptors (Lipinski definition) is 4. The molecule has 4 heteroatoms. The maximum atomic E-state index is 6.02. The molecule has 2 aromatic carbocycles. The fraction of sp³-hybridized carbons (Fsp3) is 0.417. The molecule has 146 valence electrons. The summed E-state index contributed by atoms with van der Waals surface area (Å²) in [5.74, 6) is 0.923. The highest BCUT2D eigenvalue weighted by Crippen LogP contribution is 2.41. The maximum Gasteiger partial charge on any atom is 0.121 e. The quantitative estimate of drug-likeness (QED) is 0.712. The van der Waals surface area contributed by atoms with Gasteiger partial charge in [-0.3, -0.25) is 0 Å². The molecular formula is C24H29N3O. The van der Waals surface area contributed by atoms with Crippen LogP contribution in [0.15, 0.2) is 67.0 Å². The SMILES string of the molecule is C1=CN(C2(CN3CCC3)CCC2)CN1c1cccc(OCc2ccccc2)c1. The first-order valence-corrected chi connectivity index (χ1v) is 10.5. The van der Waals surface area contributed by atoms with E-state index in [-0.39, 0.29) is 0 Å². The number of ether oxygens (including phenoxy) is 1. The minimum Gasteiger partial charge on any atom is -0.489 e. The molecule has 2 heterocycles. The Morgan fingerprint density at radius 1 is 0.893 bits per heavy atom. The van der Waals surface area contributed by atoms with Crippen molar-refractivity contribution in [3.05, 3.63) is 72.6 Å². The molecule has 5 rings (SSSR count). The van der Waals surface area contributed by atoms with Gasteiger partial charge in [0.05, 0.1) is 12.2 Å². The van der Waals surface area contributed by atoms with Crippen molar-refractivity contribution in [1.82, 2.24) is 9.80 Å². The average molecular weight is 376 g/mol. The average Bonchev–Trinajstić information content (AvgIpc) is 3.16. The zero-order chi connectivity index (χ0) is 18.8. The first kappa shape index (κ1) is 17.6. The van der Waals surface area contributed by atoms with Gasteiger partial charge in [0.1, 0.15) is 12.4 Å². The highest BCUT2D eigenvalue weighted by atomic mass is 16.5. The normalized spacial score (nSPS) is 20.7. The topological polar surface area (TPSA) is 19.0 Å². The summed E-state index contributed by atoms with van der Waals surface area (Å²) in [6.45, 7) is 5.33. The van der Waals surface area contributed by atoms with Crippen LogP contribution in [0.2, 0.25) is 0 Å². The van der Waals surface area contributed by atoms with Crippen molar-refractivity contribution >= 4 is 5.69 Å². The zero-order valence-corrected chi connectivity index (χ0v) is 16.5. The van der Waals surface area contributed by atoms with E-state index < -0.39 is 0 Å². The molecule has 0 N–H and O–H groups in total. The van der Waals surface area contributed by atoms with E-state index in [2.05, 4.69) is 69.6 Å². The molecule has 4 nitrogen and oxygen atoms in total. The van der Waals surface area contributed by atoms with E-state index in [1.54, 1.807) is 0 Å². The smallest absolute Gasteiger partial charge is 0.121 e. The van der Waals surface area contributed by atoms with E-state index in [1.165, 1.54) is 56.6 Å². The van der Waals surface area contributed by atoms with Crippen molar-refractivity contribution in [3.63, 3.8) is 0 Å². The third-order valence-corrected chi connectivity index (χ3v) is 6.49. The third-order valence-electron chi connectivity index (χ3n) is 6.49. The fourth-order valence-corrected chi connectivity index (χ4v) is 4.47. The van der Waals surface area contributed by atoms with Gasteiger partial charge in [0.2, 0.25) is 0 Å². The van der Waals surface area contributed by atoms with Crippen molar-refractivity contribution in [2.75, 3.05) is 31.2 Å². The standard InChI is InChI=1S/C24H29N3O/c1-2-7-21(8-3-1)18-28-23-10-4-9-22(17-23)26-15-16-27(20-26)24(11-5-12-24)19-25-13-6-14-25/h1-4,7-10,15-17H,5-6,11-14,18-20H2. The lowest BCUT2D eigenvalue weighted by Crippen LogP contribution is -2.60. The van der Waals surface area contributed by atoms with Crippen molar-refractivity contribution < 1.29 is 4.74 Å². The Bertz CT molecular complexity index is 827. The van der Waals surface area contributed by atoms with Crippen LogP contribution in [0.4, 0.5) is 5.69 Å². The molecule has 0 radical (unpaired) electrons. The van der Waals surface area contributed by atoms with Crippen molar-refractivity contribution in [2.24, 2.45) is 0 Å². The number of likely N-dealkylation sites (tertiary alicyclic amines) is 1. The molecule has 2 fully saturated rings. The van der Waals surface area contributed by atoms with E-state index in [1.807, 2.05) is 12.1 Å². The minimum atomic E-state index is 0.354. The first-order valence-electron chi connectivity index (χ1n) is 10.5. The van der Waals surface area contributed by atoms with Crippen LogP contribution in [0.3, 0.4) is 0 Å². The van der Waals surface area contributed by atoms with Gasteiger partial charge in [-0.25, -0.2) is 0 Å². The van der Waals surface area contributed by atoms with Crippen LogP contribution >= 0.6 is 0 Å². The molecule has 1 saturated carbocycles. The van der Waals surface area contributed by atoms with Crippen LogP contribution in [0.25, 0.3) is 0 Å². The van der Waals surface area contributed by atoms with Crippen LogP contribution < -0.4 is 9.64 Å². The second-order valence-electron chi connectivity index (χ2n) is 8.36. The summed E-state index contributed by atoms with van der Waals surface area (Å²) < 4.78 is 6.02. The summed E-state index contributed by atoms with van der Waals surface area (Å²) in [7, 11) is 0. The van der Waals surface area contributed by atoms with E-state index in [0.29, 0.717) is 12.1 Å². The maximum absolute atomic E-state index is 6.02. The Hall–Kier alpha value is -2.46. The minimum absolute atomic E-state index is 0.354. The lowest BCUT2D eigenvalue weighted by molar-refractivity contribution is 0.00535. The van der Waals surface area contributed by atoms with Crippen LogP contribution in [0.5, 0.6) is 5.75 Å². The summed E-state index contributed by atoms with van der Waals surface area (Å²) in [6, 6.07) is 18.8. The Balaban J connectivity index is 1.23. The molecule has 0 atom stereocenters. The molecule has 28 heavy (non-hydrogen) atoms. The zero-order valence-electron chi connectivity index (χ0n) is 16.5. The molecule has 0 amide bonds. The summed E-state index contributed by atoms with van der Waals surface area (Å²) >= 11 is 0. The predicted octanol–water partition coefficient (Wildman–Crippen LogP) is 4.44. The predicted molar refractivity (Wildman–Crippen MR) is 113 cm³/mol. The lowest BCUT2D eigenvalue weighted by Gasteiger charge is -2.52. The van der Waals surface area contributed by atoms with Crippen LogP contribution in [-0.2, 0) is 6.61 Å². The molecule has 2 aromatic rings. The highest BCUT2D eigenvalue weighted by Gasteiger charge is 2.44. The summed E-state index contributed by atoms with van der Waals surface area (Å²) in [6.07, 6.45) is 9.90. The molecule has 0 unspecified atom stereocenters. The Labute approximate surface area is 168 Å². The van der Waals surface area contributed by atoms with Crippen LogP contribution in [0, 0.1) is 0 Å². The Morgan fingerprint density at radius 2 is 1.75 bits per heavy atom. The molecule has 3 aliphatic rings. The van der Waals surface area contributed by atoms with Gasteiger partial charge in [0.25, 0.3) is 0 Å². The number of anilines is 1. The van der Waals surface area contributed by atoms with Crippen LogP contribution in [0.1, 0.15) is 31.2 Å². The number of hydrogen-bond donors (Lipinski definition) is 0. The number of rotatable bonds is 7. The van der Waals surface area contributed by atoms with Gasteiger partial charge in [-0.2, -0.15) is 0 Å². The van der Waals surface area contributed by atoms with E-state index in [9.17, 15) is 0 Å². The highest BCUT2D eigenvalue weighted by molar-refractivity contribution is 5.54. The molecule has 1 saturated heterocycles. The molecular weight excluding hydrogens is 346 g/mol. The van der Waals surface area contributed by atoms with Gasteiger partial charge in [0.15, 0.2) is 0 Å². The molecule has 2 aliphatic heterocycles. The van der Waals surface area contributed by atoms with Crippen molar-refractivity contribution in [2.45, 2.75) is 37.8 Å². The molecule has 0 bridgehead atoms. The Kier molecular flexibility index (Phi) is 4.73. The lowest BCUT2D eigenvalue weighted by atomic mass is 9.74.